The Labute approximate surface area is 301 Å². The van der Waals surface area contributed by atoms with Crippen LogP contribution in [0.1, 0.15) is 25.0 Å². The molecule has 0 amide bonds. The first kappa shape index (κ1) is 30.1. The molecule has 246 valence electrons. The summed E-state index contributed by atoms with van der Waals surface area (Å²) in [6, 6.07) is 50.5. The predicted octanol–water partition coefficient (Wildman–Crippen LogP) is 11.8. The van der Waals surface area contributed by atoms with Gasteiger partial charge in [-0.1, -0.05) is 123 Å². The van der Waals surface area contributed by atoms with Gasteiger partial charge in [0.15, 0.2) is 17.5 Å². The van der Waals surface area contributed by atoms with E-state index in [1.807, 2.05) is 54.7 Å². The van der Waals surface area contributed by atoms with Gasteiger partial charge < -0.3 is 4.42 Å². The molecule has 0 saturated heterocycles. The van der Waals surface area contributed by atoms with Crippen LogP contribution in [-0.4, -0.2) is 19.9 Å². The topological polar surface area (TPSA) is 64.7 Å². The Kier molecular flexibility index (Phi) is 6.77. The fourth-order valence-corrected chi connectivity index (χ4v) is 7.80. The van der Waals surface area contributed by atoms with E-state index < -0.39 is 0 Å². The Morgan fingerprint density at radius 1 is 0.442 bits per heavy atom. The largest absolute Gasteiger partial charge is 0.456 e. The minimum absolute atomic E-state index is 0.129. The molecule has 5 heteroatoms. The van der Waals surface area contributed by atoms with Gasteiger partial charge in [0.05, 0.1) is 0 Å². The van der Waals surface area contributed by atoms with E-state index in [-0.39, 0.29) is 5.41 Å². The van der Waals surface area contributed by atoms with E-state index in [1.54, 1.807) is 6.20 Å². The monoisotopic (exact) mass is 668 g/mol. The highest BCUT2D eigenvalue weighted by molar-refractivity contribution is 6.13. The van der Waals surface area contributed by atoms with E-state index in [4.69, 9.17) is 19.4 Å². The lowest BCUT2D eigenvalue weighted by Crippen LogP contribution is -2.15. The number of furan rings is 1. The maximum atomic E-state index is 6.43. The molecule has 0 atom stereocenters. The second kappa shape index (κ2) is 11.7. The standard InChI is InChI=1S/C47H32N4O/c1-47(2)39-18-7-6-16-36(39)37-22-21-33(26-40(37)47)46-50-44(29-11-4-3-5-12-29)49-45(51-46)32-14-8-13-30(25-32)31-20-23-38-42(27-31)52-41-19-9-17-35(43(38)41)34-15-10-24-48-28-34/h3-28H,1-2H3. The zero-order valence-electron chi connectivity index (χ0n) is 28.7. The minimum Gasteiger partial charge on any atom is -0.456 e. The lowest BCUT2D eigenvalue weighted by atomic mass is 9.82. The molecule has 0 radical (unpaired) electrons. The number of benzene rings is 6. The first-order chi connectivity index (χ1) is 25.5. The van der Waals surface area contributed by atoms with Crippen LogP contribution in [-0.2, 0) is 5.41 Å². The molecule has 9 aromatic rings. The first-order valence-electron chi connectivity index (χ1n) is 17.5. The number of hydrogen-bond acceptors (Lipinski definition) is 5. The summed E-state index contributed by atoms with van der Waals surface area (Å²) in [6.45, 7) is 4.59. The Morgan fingerprint density at radius 3 is 1.90 bits per heavy atom. The van der Waals surface area contributed by atoms with Crippen LogP contribution in [0, 0.1) is 0 Å². The summed E-state index contributed by atoms with van der Waals surface area (Å²) in [5, 5.41) is 2.17. The average Bonchev–Trinajstić information content (AvgIpc) is 3.70. The zero-order chi connectivity index (χ0) is 34.8. The predicted molar refractivity (Wildman–Crippen MR) is 210 cm³/mol. The molecular formula is C47H32N4O. The van der Waals surface area contributed by atoms with Crippen LogP contribution in [0.2, 0.25) is 0 Å². The minimum atomic E-state index is -0.129. The summed E-state index contributed by atoms with van der Waals surface area (Å²) in [7, 11) is 0. The number of hydrogen-bond donors (Lipinski definition) is 0. The number of rotatable bonds is 5. The van der Waals surface area contributed by atoms with Gasteiger partial charge in [-0.3, -0.25) is 4.98 Å². The SMILES string of the molecule is CC1(C)c2ccccc2-c2ccc(-c3nc(-c4ccccc4)nc(-c4cccc(-c5ccc6c(c5)oc5cccc(-c7cccnc7)c56)c4)n3)cc21. The normalized spacial score (nSPS) is 13.0. The maximum Gasteiger partial charge on any atom is 0.164 e. The summed E-state index contributed by atoms with van der Waals surface area (Å²) in [6.07, 6.45) is 3.69. The summed E-state index contributed by atoms with van der Waals surface area (Å²) >= 11 is 0. The van der Waals surface area contributed by atoms with Gasteiger partial charge >= 0.3 is 0 Å². The second-order valence-electron chi connectivity index (χ2n) is 13.9. The quantitative estimate of drug-likeness (QED) is 0.183. The third-order valence-electron chi connectivity index (χ3n) is 10.4. The number of aromatic nitrogens is 4. The number of pyridine rings is 1. The van der Waals surface area contributed by atoms with Crippen LogP contribution in [0.25, 0.3) is 89.5 Å². The summed E-state index contributed by atoms with van der Waals surface area (Å²) in [5.74, 6) is 1.92. The highest BCUT2D eigenvalue weighted by Gasteiger charge is 2.35. The molecular weight excluding hydrogens is 637 g/mol. The van der Waals surface area contributed by atoms with Gasteiger partial charge in [-0.15, -0.1) is 0 Å². The third-order valence-corrected chi connectivity index (χ3v) is 10.4. The van der Waals surface area contributed by atoms with Crippen molar-refractivity contribution in [3.05, 3.63) is 169 Å². The van der Waals surface area contributed by atoms with Crippen molar-refractivity contribution < 1.29 is 4.42 Å². The van der Waals surface area contributed by atoms with Crippen molar-refractivity contribution in [3.63, 3.8) is 0 Å². The fourth-order valence-electron chi connectivity index (χ4n) is 7.80. The van der Waals surface area contributed by atoms with E-state index in [0.717, 1.165) is 60.9 Å². The Balaban J connectivity index is 1.08. The van der Waals surface area contributed by atoms with E-state index in [9.17, 15) is 0 Å². The molecule has 0 unspecified atom stereocenters. The molecule has 5 nitrogen and oxygen atoms in total. The lowest BCUT2D eigenvalue weighted by molar-refractivity contribution is 0.660. The lowest BCUT2D eigenvalue weighted by Gasteiger charge is -2.21. The molecule has 3 heterocycles. The molecule has 0 saturated carbocycles. The molecule has 1 aliphatic rings. The van der Waals surface area contributed by atoms with Crippen LogP contribution in [0.4, 0.5) is 0 Å². The van der Waals surface area contributed by atoms with E-state index in [1.165, 1.54) is 22.3 Å². The van der Waals surface area contributed by atoms with Crippen LogP contribution in [0.3, 0.4) is 0 Å². The van der Waals surface area contributed by atoms with Gasteiger partial charge in [-0.2, -0.15) is 0 Å². The van der Waals surface area contributed by atoms with Crippen LogP contribution < -0.4 is 0 Å². The van der Waals surface area contributed by atoms with Crippen molar-refractivity contribution in [1.82, 2.24) is 19.9 Å². The molecule has 0 N–H and O–H groups in total. The Morgan fingerprint density at radius 2 is 1.08 bits per heavy atom. The molecule has 0 aliphatic heterocycles. The first-order valence-corrected chi connectivity index (χ1v) is 17.5. The van der Waals surface area contributed by atoms with Crippen LogP contribution >= 0.6 is 0 Å². The van der Waals surface area contributed by atoms with E-state index in [2.05, 4.69) is 116 Å². The van der Waals surface area contributed by atoms with Crippen LogP contribution in [0.15, 0.2) is 162 Å². The fraction of sp³-hybridized carbons (Fsp3) is 0.0638. The number of fused-ring (bicyclic) bond motifs is 6. The Bertz CT molecular complexity index is 2820. The third kappa shape index (κ3) is 4.85. The van der Waals surface area contributed by atoms with Crippen molar-refractivity contribution in [2.75, 3.05) is 0 Å². The molecule has 0 fully saturated rings. The summed E-state index contributed by atoms with van der Waals surface area (Å²) in [5.41, 5.74) is 13.8. The molecule has 52 heavy (non-hydrogen) atoms. The molecule has 0 spiro atoms. The van der Waals surface area contributed by atoms with Gasteiger partial charge in [0.1, 0.15) is 11.2 Å². The summed E-state index contributed by atoms with van der Waals surface area (Å²) in [4.78, 5) is 19.6. The van der Waals surface area contributed by atoms with Crippen molar-refractivity contribution in [3.8, 4) is 67.5 Å². The van der Waals surface area contributed by atoms with E-state index in [0.29, 0.717) is 17.5 Å². The average molecular weight is 669 g/mol. The molecule has 3 aromatic heterocycles. The van der Waals surface area contributed by atoms with Crippen molar-refractivity contribution >= 4 is 21.9 Å². The summed E-state index contributed by atoms with van der Waals surface area (Å²) < 4.78 is 6.43. The van der Waals surface area contributed by atoms with Crippen molar-refractivity contribution in [2.45, 2.75) is 19.3 Å². The van der Waals surface area contributed by atoms with Gasteiger partial charge in [-0.05, 0) is 75.3 Å². The highest BCUT2D eigenvalue weighted by Crippen LogP contribution is 2.49. The van der Waals surface area contributed by atoms with Gasteiger partial charge in [0.25, 0.3) is 0 Å². The number of nitrogens with zero attached hydrogens (tertiary/aromatic N) is 4. The Hall–Kier alpha value is -6.72. The molecule has 10 rings (SSSR count). The van der Waals surface area contributed by atoms with Gasteiger partial charge in [0.2, 0.25) is 0 Å². The smallest absolute Gasteiger partial charge is 0.164 e. The van der Waals surface area contributed by atoms with E-state index >= 15 is 0 Å². The van der Waals surface area contributed by atoms with Crippen molar-refractivity contribution in [1.29, 1.82) is 0 Å². The highest BCUT2D eigenvalue weighted by atomic mass is 16.3. The zero-order valence-corrected chi connectivity index (χ0v) is 28.7. The molecule has 0 bridgehead atoms. The van der Waals surface area contributed by atoms with Crippen LogP contribution in [0.5, 0.6) is 0 Å². The van der Waals surface area contributed by atoms with Crippen molar-refractivity contribution in [2.24, 2.45) is 0 Å². The van der Waals surface area contributed by atoms with Gasteiger partial charge in [-0.25, -0.2) is 15.0 Å². The molecule has 1 aliphatic carbocycles. The molecule has 6 aromatic carbocycles. The maximum absolute atomic E-state index is 6.43. The van der Waals surface area contributed by atoms with Gasteiger partial charge in [0, 0.05) is 50.8 Å². The second-order valence-corrected chi connectivity index (χ2v) is 13.9.